The van der Waals surface area contributed by atoms with Crippen LogP contribution in [-0.2, 0) is 14.8 Å². The lowest BCUT2D eigenvalue weighted by Gasteiger charge is -2.23. The lowest BCUT2D eigenvalue weighted by atomic mass is 10.2. The number of ether oxygens (including phenoxy) is 1. The third kappa shape index (κ3) is 3.69. The normalized spacial score (nSPS) is 19.5. The largest absolute Gasteiger partial charge is 0.374 e. The van der Waals surface area contributed by atoms with Gasteiger partial charge in [0.25, 0.3) is 0 Å². The topological polar surface area (TPSA) is 91.2 Å². The Hall–Kier alpha value is -1.17. The Labute approximate surface area is 122 Å². The fourth-order valence-electron chi connectivity index (χ4n) is 1.79. The molecule has 2 rings (SSSR count). The number of rotatable bonds is 4. The van der Waals surface area contributed by atoms with Gasteiger partial charge in [0, 0.05) is 19.6 Å². The van der Waals surface area contributed by atoms with Crippen LogP contribution in [0.4, 0.5) is 0 Å². The Morgan fingerprint density at radius 3 is 2.95 bits per heavy atom. The molecule has 0 spiro atoms. The van der Waals surface area contributed by atoms with Crippen LogP contribution < -0.4 is 10.0 Å². The monoisotopic (exact) mass is 315 g/mol. The van der Waals surface area contributed by atoms with E-state index in [1.54, 1.807) is 0 Å². The molecule has 2 N–H and O–H groups in total. The van der Waals surface area contributed by atoms with Crippen LogP contribution in [0.15, 0.2) is 23.1 Å². The van der Waals surface area contributed by atoms with Crippen LogP contribution in [0.3, 0.4) is 0 Å². The highest BCUT2D eigenvalue weighted by molar-refractivity contribution is 7.89. The Morgan fingerprint density at radius 1 is 1.55 bits per heavy atom. The smallest absolute Gasteiger partial charge is 0.240 e. The van der Waals surface area contributed by atoms with Crippen molar-refractivity contribution in [1.82, 2.24) is 10.0 Å². The van der Waals surface area contributed by atoms with Crippen LogP contribution in [0.5, 0.6) is 0 Å². The van der Waals surface area contributed by atoms with Crippen molar-refractivity contribution in [2.24, 2.45) is 0 Å². The molecule has 0 aromatic heterocycles. The molecule has 0 aliphatic carbocycles. The van der Waals surface area contributed by atoms with Crippen LogP contribution in [0.2, 0.25) is 5.02 Å². The van der Waals surface area contributed by atoms with Crippen LogP contribution in [-0.4, -0.2) is 40.8 Å². The van der Waals surface area contributed by atoms with Gasteiger partial charge >= 0.3 is 0 Å². The van der Waals surface area contributed by atoms with Crippen molar-refractivity contribution >= 4 is 21.6 Å². The summed E-state index contributed by atoms with van der Waals surface area (Å²) in [5.74, 6) is 0. The molecule has 1 aromatic rings. The van der Waals surface area contributed by atoms with Crippen molar-refractivity contribution in [3.8, 4) is 6.07 Å². The van der Waals surface area contributed by atoms with Gasteiger partial charge in [-0.05, 0) is 18.2 Å². The number of sulfonamides is 1. The van der Waals surface area contributed by atoms with Gasteiger partial charge in [0.1, 0.15) is 6.07 Å². The summed E-state index contributed by atoms with van der Waals surface area (Å²) in [4.78, 5) is 0.0327. The maximum Gasteiger partial charge on any atom is 0.240 e. The molecular weight excluding hydrogens is 302 g/mol. The third-order valence-corrected chi connectivity index (χ3v) is 4.61. The highest BCUT2D eigenvalue weighted by Crippen LogP contribution is 2.20. The SMILES string of the molecule is N#Cc1ccc(S(=O)(=O)NCC2CNCCO2)cc1Cl. The first kappa shape index (κ1) is 15.2. The average Bonchev–Trinajstić information content (AvgIpc) is 2.46. The van der Waals surface area contributed by atoms with E-state index in [0.717, 1.165) is 6.54 Å². The zero-order valence-corrected chi connectivity index (χ0v) is 12.2. The predicted molar refractivity (Wildman–Crippen MR) is 74.0 cm³/mol. The van der Waals surface area contributed by atoms with E-state index in [0.29, 0.717) is 13.2 Å². The fourth-order valence-corrected chi connectivity index (χ4v) is 3.17. The number of benzene rings is 1. The second-order valence-electron chi connectivity index (χ2n) is 4.30. The third-order valence-electron chi connectivity index (χ3n) is 2.88. The molecule has 1 aromatic carbocycles. The number of hydrogen-bond donors (Lipinski definition) is 2. The number of morpholine rings is 1. The van der Waals surface area contributed by atoms with Gasteiger partial charge in [0.2, 0.25) is 10.0 Å². The summed E-state index contributed by atoms with van der Waals surface area (Å²) in [6.45, 7) is 2.13. The van der Waals surface area contributed by atoms with Gasteiger partial charge in [0.05, 0.1) is 28.2 Å². The Morgan fingerprint density at radius 2 is 2.35 bits per heavy atom. The van der Waals surface area contributed by atoms with E-state index < -0.39 is 10.0 Å². The van der Waals surface area contributed by atoms with E-state index in [4.69, 9.17) is 21.6 Å². The van der Waals surface area contributed by atoms with Gasteiger partial charge in [-0.1, -0.05) is 11.6 Å². The Balaban J connectivity index is 2.06. The summed E-state index contributed by atoms with van der Waals surface area (Å²) in [5, 5.41) is 12.0. The number of nitriles is 1. The van der Waals surface area contributed by atoms with Gasteiger partial charge in [-0.15, -0.1) is 0 Å². The second kappa shape index (κ2) is 6.52. The highest BCUT2D eigenvalue weighted by atomic mass is 35.5. The standard InChI is InChI=1S/C12H14ClN3O3S/c13-12-5-11(2-1-9(12)6-14)20(17,18)16-8-10-7-15-3-4-19-10/h1-2,5,10,15-16H,3-4,7-8H2. The molecule has 1 unspecified atom stereocenters. The van der Waals surface area contributed by atoms with Crippen molar-refractivity contribution in [1.29, 1.82) is 5.26 Å². The van der Waals surface area contributed by atoms with Crippen molar-refractivity contribution in [2.75, 3.05) is 26.2 Å². The van der Waals surface area contributed by atoms with Gasteiger partial charge in [-0.2, -0.15) is 5.26 Å². The van der Waals surface area contributed by atoms with Gasteiger partial charge in [-0.3, -0.25) is 0 Å². The van der Waals surface area contributed by atoms with Gasteiger partial charge in [0.15, 0.2) is 0 Å². The minimum absolute atomic E-state index is 0.0327. The molecule has 0 radical (unpaired) electrons. The zero-order chi connectivity index (χ0) is 14.6. The summed E-state index contributed by atoms with van der Waals surface area (Å²) in [6, 6.07) is 5.89. The summed E-state index contributed by atoms with van der Waals surface area (Å²) in [7, 11) is -3.66. The summed E-state index contributed by atoms with van der Waals surface area (Å²) in [5.41, 5.74) is 0.241. The van der Waals surface area contributed by atoms with Crippen LogP contribution >= 0.6 is 11.6 Å². The molecule has 0 saturated carbocycles. The van der Waals surface area contributed by atoms with Crippen LogP contribution in [0.1, 0.15) is 5.56 Å². The van der Waals surface area contributed by atoms with E-state index in [9.17, 15) is 8.42 Å². The molecule has 20 heavy (non-hydrogen) atoms. The number of nitrogens with one attached hydrogen (secondary N) is 2. The zero-order valence-electron chi connectivity index (χ0n) is 10.6. The lowest BCUT2D eigenvalue weighted by molar-refractivity contribution is 0.0324. The molecule has 1 atom stereocenters. The average molecular weight is 316 g/mol. The quantitative estimate of drug-likeness (QED) is 0.843. The van der Waals surface area contributed by atoms with Gasteiger partial charge < -0.3 is 10.1 Å². The number of nitrogens with zero attached hydrogens (tertiary/aromatic N) is 1. The molecule has 1 aliphatic heterocycles. The van der Waals surface area contributed by atoms with E-state index >= 15 is 0 Å². The van der Waals surface area contributed by atoms with Gasteiger partial charge in [-0.25, -0.2) is 13.1 Å². The molecule has 0 bridgehead atoms. The summed E-state index contributed by atoms with van der Waals surface area (Å²) in [6.07, 6.45) is -0.188. The first-order chi connectivity index (χ1) is 9.53. The molecule has 6 nitrogen and oxygen atoms in total. The lowest BCUT2D eigenvalue weighted by Crippen LogP contribution is -2.45. The fraction of sp³-hybridized carbons (Fsp3) is 0.417. The maximum atomic E-state index is 12.1. The Kier molecular flexibility index (Phi) is 4.96. The Bertz CT molecular complexity index is 621. The van der Waals surface area contributed by atoms with Crippen molar-refractivity contribution < 1.29 is 13.2 Å². The second-order valence-corrected chi connectivity index (χ2v) is 6.48. The van der Waals surface area contributed by atoms with E-state index in [1.165, 1.54) is 18.2 Å². The molecule has 1 aliphatic rings. The first-order valence-corrected chi connectivity index (χ1v) is 7.90. The van der Waals surface area contributed by atoms with E-state index in [2.05, 4.69) is 10.0 Å². The van der Waals surface area contributed by atoms with E-state index in [-0.39, 0.29) is 28.1 Å². The van der Waals surface area contributed by atoms with Crippen molar-refractivity contribution in [2.45, 2.75) is 11.0 Å². The highest BCUT2D eigenvalue weighted by Gasteiger charge is 2.19. The summed E-state index contributed by atoms with van der Waals surface area (Å²) >= 11 is 5.84. The molecule has 8 heteroatoms. The van der Waals surface area contributed by atoms with Crippen molar-refractivity contribution in [3.05, 3.63) is 28.8 Å². The first-order valence-electron chi connectivity index (χ1n) is 6.04. The molecular formula is C12H14ClN3O3S. The molecule has 1 fully saturated rings. The molecule has 0 amide bonds. The molecule has 1 heterocycles. The molecule has 108 valence electrons. The summed E-state index contributed by atoms with van der Waals surface area (Å²) < 4.78 is 32.1. The minimum atomic E-state index is -3.66. The minimum Gasteiger partial charge on any atom is -0.374 e. The van der Waals surface area contributed by atoms with Crippen LogP contribution in [0, 0.1) is 11.3 Å². The number of halogens is 1. The number of hydrogen-bond acceptors (Lipinski definition) is 5. The maximum absolute atomic E-state index is 12.1. The predicted octanol–water partition coefficient (Wildman–Crippen LogP) is 0.478. The van der Waals surface area contributed by atoms with E-state index in [1.807, 2.05) is 6.07 Å². The van der Waals surface area contributed by atoms with Crippen LogP contribution in [0.25, 0.3) is 0 Å². The van der Waals surface area contributed by atoms with Crippen molar-refractivity contribution in [3.63, 3.8) is 0 Å². The molecule has 1 saturated heterocycles.